The van der Waals surface area contributed by atoms with Crippen LogP contribution in [0.3, 0.4) is 0 Å². The van der Waals surface area contributed by atoms with Crippen molar-refractivity contribution >= 4 is 8.69 Å². The average Bonchev–Trinajstić information content (AvgIpc) is 2.10. The molecule has 0 aromatic heterocycles. The van der Waals surface area contributed by atoms with Gasteiger partial charge in [-0.15, -0.1) is 0 Å². The van der Waals surface area contributed by atoms with Crippen LogP contribution < -0.4 is 0 Å². The summed E-state index contributed by atoms with van der Waals surface area (Å²) in [6.45, 7) is 6.23. The molecule has 0 fully saturated rings. The minimum absolute atomic E-state index is 0.369. The minimum Gasteiger partial charge on any atom is -0.348 e. The van der Waals surface area contributed by atoms with E-state index in [1.54, 1.807) is 0 Å². The number of rotatable bonds is 8. The lowest BCUT2D eigenvalue weighted by molar-refractivity contribution is -0.0396. The molecule has 0 saturated heterocycles. The van der Waals surface area contributed by atoms with E-state index in [-0.39, 0.29) is 8.69 Å². The van der Waals surface area contributed by atoms with Gasteiger partial charge in [0.15, 0.2) is 6.29 Å². The third kappa shape index (κ3) is 6.47. The van der Waals surface area contributed by atoms with Crippen LogP contribution in [0.4, 0.5) is 0 Å². The van der Waals surface area contributed by atoms with Crippen molar-refractivity contribution in [2.24, 2.45) is 0 Å². The molecule has 0 spiro atoms. The molecule has 3 nitrogen and oxygen atoms in total. The van der Waals surface area contributed by atoms with Crippen molar-refractivity contribution in [3.05, 3.63) is 12.7 Å². The third-order valence-corrected chi connectivity index (χ3v) is 1.66. The summed E-state index contributed by atoms with van der Waals surface area (Å²) in [4.78, 5) is 0. The van der Waals surface area contributed by atoms with E-state index in [1.807, 2.05) is 0 Å². The molecule has 0 amide bonds. The van der Waals surface area contributed by atoms with Gasteiger partial charge < -0.3 is 4.74 Å². The van der Waals surface area contributed by atoms with Crippen LogP contribution >= 0.6 is 8.69 Å². The predicted molar refractivity (Wildman–Crippen MR) is 48.2 cm³/mol. The van der Waals surface area contributed by atoms with Gasteiger partial charge in [0, 0.05) is 0 Å². The first-order valence-electron chi connectivity index (χ1n) is 4.07. The second-order valence-corrected chi connectivity index (χ2v) is 2.72. The molecule has 0 saturated carbocycles. The van der Waals surface area contributed by atoms with Crippen molar-refractivity contribution in [2.45, 2.75) is 32.5 Å². The van der Waals surface area contributed by atoms with E-state index in [0.29, 0.717) is 6.61 Å². The third-order valence-electron chi connectivity index (χ3n) is 1.37. The Morgan fingerprint density at radius 3 is 2.83 bits per heavy atom. The van der Waals surface area contributed by atoms with Crippen molar-refractivity contribution < 1.29 is 13.8 Å². The van der Waals surface area contributed by atoms with Gasteiger partial charge >= 0.3 is 8.69 Å². The van der Waals surface area contributed by atoms with Crippen LogP contribution in [0.5, 0.6) is 0 Å². The Kier molecular flexibility index (Phi) is 8.68. The monoisotopic (exact) mass is 190 g/mol. The Hall–Kier alpha value is -0.240. The van der Waals surface area contributed by atoms with Crippen LogP contribution in [-0.2, 0) is 13.8 Å². The maximum Gasteiger partial charge on any atom is 0.330 e. The molecule has 0 aliphatic carbocycles. The molecular weight excluding hydrogens is 175 g/mol. The second-order valence-electron chi connectivity index (χ2n) is 2.36. The summed E-state index contributed by atoms with van der Waals surface area (Å²) in [5, 5.41) is 0. The van der Waals surface area contributed by atoms with Gasteiger partial charge in [0.2, 0.25) is 0 Å². The molecule has 4 heteroatoms. The van der Waals surface area contributed by atoms with Crippen LogP contribution in [0.1, 0.15) is 26.2 Å². The summed E-state index contributed by atoms with van der Waals surface area (Å²) in [6, 6.07) is 0. The van der Waals surface area contributed by atoms with Crippen molar-refractivity contribution in [3.8, 4) is 0 Å². The lowest BCUT2D eigenvalue weighted by atomic mass is 10.3. The Bertz CT molecular complexity index is 127. The fourth-order valence-corrected chi connectivity index (χ4v) is 0.967. The summed E-state index contributed by atoms with van der Waals surface area (Å²) in [5.74, 6) is 0. The Balaban J connectivity index is 3.31. The fraction of sp³-hybridized carbons (Fsp3) is 0.750. The zero-order valence-electron chi connectivity index (χ0n) is 7.36. The van der Waals surface area contributed by atoms with Crippen LogP contribution in [-0.4, -0.2) is 12.9 Å². The SMILES string of the molecule is C=CC(OCCCCC)OP=O. The van der Waals surface area contributed by atoms with Gasteiger partial charge in [-0.1, -0.05) is 26.3 Å². The van der Waals surface area contributed by atoms with E-state index in [1.165, 1.54) is 6.08 Å². The maximum absolute atomic E-state index is 10.0. The lowest BCUT2D eigenvalue weighted by Crippen LogP contribution is -2.10. The lowest BCUT2D eigenvalue weighted by Gasteiger charge is -2.08. The Morgan fingerprint density at radius 1 is 1.58 bits per heavy atom. The molecule has 0 aromatic carbocycles. The van der Waals surface area contributed by atoms with E-state index < -0.39 is 6.29 Å². The van der Waals surface area contributed by atoms with Crippen LogP contribution in [0.25, 0.3) is 0 Å². The molecule has 0 bridgehead atoms. The van der Waals surface area contributed by atoms with Gasteiger partial charge in [0.25, 0.3) is 0 Å². The van der Waals surface area contributed by atoms with E-state index >= 15 is 0 Å². The zero-order chi connectivity index (χ0) is 9.23. The molecule has 1 atom stereocenters. The second kappa shape index (κ2) is 8.85. The van der Waals surface area contributed by atoms with Gasteiger partial charge in [-0.3, -0.25) is 4.52 Å². The van der Waals surface area contributed by atoms with E-state index in [4.69, 9.17) is 4.74 Å². The molecule has 0 N–H and O–H groups in total. The summed E-state index contributed by atoms with van der Waals surface area (Å²) >= 11 is 0. The van der Waals surface area contributed by atoms with Gasteiger partial charge in [0.05, 0.1) is 6.61 Å². The topological polar surface area (TPSA) is 35.5 Å². The highest BCUT2D eigenvalue weighted by Crippen LogP contribution is 2.06. The normalized spacial score (nSPS) is 13.1. The average molecular weight is 190 g/mol. The quantitative estimate of drug-likeness (QED) is 0.255. The van der Waals surface area contributed by atoms with Gasteiger partial charge in [-0.2, -0.15) is 0 Å². The number of ether oxygens (including phenoxy) is 1. The zero-order valence-corrected chi connectivity index (χ0v) is 8.26. The summed E-state index contributed by atoms with van der Waals surface area (Å²) in [7, 11) is -0.369. The number of hydrogen-bond acceptors (Lipinski definition) is 3. The molecule has 0 aliphatic rings. The molecule has 0 heterocycles. The van der Waals surface area contributed by atoms with Crippen molar-refractivity contribution in [3.63, 3.8) is 0 Å². The molecule has 0 rings (SSSR count). The number of hydrogen-bond donors (Lipinski definition) is 0. The number of unbranched alkanes of at least 4 members (excludes halogenated alkanes) is 2. The molecule has 1 unspecified atom stereocenters. The highest BCUT2D eigenvalue weighted by Gasteiger charge is 2.02. The highest BCUT2D eigenvalue weighted by molar-refractivity contribution is 7.17. The molecule has 0 aromatic rings. The van der Waals surface area contributed by atoms with Crippen LogP contribution in [0, 0.1) is 0 Å². The van der Waals surface area contributed by atoms with Gasteiger partial charge in [-0.05, 0) is 12.5 Å². The molecule has 70 valence electrons. The summed E-state index contributed by atoms with van der Waals surface area (Å²) < 4.78 is 19.8. The van der Waals surface area contributed by atoms with E-state index in [9.17, 15) is 4.57 Å². The smallest absolute Gasteiger partial charge is 0.330 e. The van der Waals surface area contributed by atoms with Gasteiger partial charge in [-0.25, -0.2) is 4.57 Å². The summed E-state index contributed by atoms with van der Waals surface area (Å²) in [6.07, 6.45) is 4.24. The summed E-state index contributed by atoms with van der Waals surface area (Å²) in [5.41, 5.74) is 0. The first kappa shape index (κ1) is 11.8. The van der Waals surface area contributed by atoms with Crippen LogP contribution in [0.15, 0.2) is 12.7 Å². The van der Waals surface area contributed by atoms with E-state index in [0.717, 1.165) is 19.3 Å². The van der Waals surface area contributed by atoms with Crippen LogP contribution in [0.2, 0.25) is 0 Å². The maximum atomic E-state index is 10.0. The molecule has 12 heavy (non-hydrogen) atoms. The van der Waals surface area contributed by atoms with E-state index in [2.05, 4.69) is 18.0 Å². The Labute approximate surface area is 75.0 Å². The molecule has 0 aliphatic heterocycles. The van der Waals surface area contributed by atoms with Crippen molar-refractivity contribution in [2.75, 3.05) is 6.61 Å². The van der Waals surface area contributed by atoms with Gasteiger partial charge in [0.1, 0.15) is 0 Å². The minimum atomic E-state index is -0.541. The van der Waals surface area contributed by atoms with Crippen molar-refractivity contribution in [1.29, 1.82) is 0 Å². The Morgan fingerprint density at radius 2 is 2.33 bits per heavy atom. The standard InChI is InChI=1S/C8H15O3P/c1-3-5-6-7-10-8(4-2)11-12-9/h4,8H,2-3,5-7H2,1H3. The molecule has 0 radical (unpaired) electrons. The first-order valence-corrected chi connectivity index (χ1v) is 4.80. The largest absolute Gasteiger partial charge is 0.348 e. The molecular formula is C8H15O3P. The van der Waals surface area contributed by atoms with Crippen molar-refractivity contribution in [1.82, 2.24) is 0 Å². The first-order chi connectivity index (χ1) is 5.85. The fourth-order valence-electron chi connectivity index (χ4n) is 0.735. The highest BCUT2D eigenvalue weighted by atomic mass is 31.1. The predicted octanol–water partition coefficient (Wildman–Crippen LogP) is 2.93.